The fourth-order valence-corrected chi connectivity index (χ4v) is 7.22. The molecule has 37 heavy (non-hydrogen) atoms. The molecule has 0 bridgehead atoms. The van der Waals surface area contributed by atoms with Crippen LogP contribution in [0.25, 0.3) is 0 Å². The zero-order valence-electron chi connectivity index (χ0n) is 21.0. The molecule has 1 amide bonds. The molecule has 8 heteroatoms. The predicted octanol–water partition coefficient (Wildman–Crippen LogP) is 4.74. The first kappa shape index (κ1) is 26.0. The van der Waals surface area contributed by atoms with Crippen molar-refractivity contribution in [3.05, 3.63) is 86.6 Å². The highest BCUT2D eigenvalue weighted by Crippen LogP contribution is 2.45. The number of nitrogens with one attached hydrogen (secondary N) is 1. The maximum atomic E-state index is 13.0. The minimum Gasteiger partial charge on any atom is -0.611 e. The monoisotopic (exact) mass is 533 g/mol. The van der Waals surface area contributed by atoms with Gasteiger partial charge in [0.1, 0.15) is 11.4 Å². The van der Waals surface area contributed by atoms with Crippen molar-refractivity contribution in [2.75, 3.05) is 25.4 Å². The van der Waals surface area contributed by atoms with Gasteiger partial charge in [-0.3, -0.25) is 9.69 Å². The van der Waals surface area contributed by atoms with Crippen LogP contribution in [0.15, 0.2) is 59.5 Å². The van der Waals surface area contributed by atoms with Crippen LogP contribution in [-0.2, 0) is 41.0 Å². The largest absolute Gasteiger partial charge is 0.611 e. The van der Waals surface area contributed by atoms with E-state index >= 15 is 0 Å². The number of rotatable bonds is 7. The maximum Gasteiger partial charge on any atom is 0.261 e. The van der Waals surface area contributed by atoms with Gasteiger partial charge in [0, 0.05) is 31.1 Å². The molecule has 0 aliphatic carbocycles. The number of benzene rings is 2. The van der Waals surface area contributed by atoms with Gasteiger partial charge in [-0.15, -0.1) is 11.3 Å². The van der Waals surface area contributed by atoms with Gasteiger partial charge < -0.3 is 14.6 Å². The lowest BCUT2D eigenvalue weighted by Crippen LogP contribution is -2.45. The van der Waals surface area contributed by atoms with Crippen molar-refractivity contribution >= 4 is 28.4 Å². The molecule has 0 radical (unpaired) electrons. The fraction of sp³-hybridized carbons (Fsp3) is 0.379. The number of hydrogen-bond acceptors (Lipinski definition) is 6. The average Bonchev–Trinajstić information content (AvgIpc) is 3.40. The van der Waals surface area contributed by atoms with Gasteiger partial charge in [-0.25, -0.2) is 0 Å². The Hall–Kier alpha value is -2.67. The lowest BCUT2D eigenvalue weighted by molar-refractivity contribution is -0.0960. The van der Waals surface area contributed by atoms with E-state index < -0.39 is 11.2 Å². The van der Waals surface area contributed by atoms with E-state index in [9.17, 15) is 9.35 Å². The molecule has 1 unspecified atom stereocenters. The molecule has 192 valence electrons. The first-order chi connectivity index (χ1) is 18.0. The van der Waals surface area contributed by atoms with Gasteiger partial charge in [-0.05, 0) is 84.4 Å². The second kappa shape index (κ2) is 11.4. The van der Waals surface area contributed by atoms with Crippen molar-refractivity contribution in [3.63, 3.8) is 0 Å². The molecule has 2 aliphatic heterocycles. The molecule has 1 atom stereocenters. The van der Waals surface area contributed by atoms with Crippen LogP contribution in [0.3, 0.4) is 0 Å². The third-order valence-electron chi connectivity index (χ3n) is 7.25. The van der Waals surface area contributed by atoms with Gasteiger partial charge in [0.2, 0.25) is 0 Å². The number of hydrogen-bond donors (Lipinski definition) is 1. The Kier molecular flexibility index (Phi) is 7.98. The summed E-state index contributed by atoms with van der Waals surface area (Å²) >= 11 is 0.608. The number of nitrogens with zero attached hydrogens (tertiary/aromatic N) is 2. The smallest absolute Gasteiger partial charge is 0.261 e. The van der Waals surface area contributed by atoms with Crippen molar-refractivity contribution < 1.29 is 14.1 Å². The van der Waals surface area contributed by atoms with Crippen molar-refractivity contribution in [1.82, 2.24) is 10.2 Å². The Bertz CT molecular complexity index is 1270. The molecule has 1 fully saturated rings. The summed E-state index contributed by atoms with van der Waals surface area (Å²) in [6.07, 6.45) is 2.65. The number of carbonyl (C=O) groups is 1. The van der Waals surface area contributed by atoms with Crippen molar-refractivity contribution in [3.8, 4) is 6.07 Å². The molecule has 1 aromatic heterocycles. The van der Waals surface area contributed by atoms with E-state index in [4.69, 9.17) is 10.00 Å². The van der Waals surface area contributed by atoms with Crippen LogP contribution in [0.1, 0.15) is 56.6 Å². The average molecular weight is 534 g/mol. The van der Waals surface area contributed by atoms with E-state index in [1.807, 2.05) is 55.5 Å². The lowest BCUT2D eigenvalue weighted by Gasteiger charge is -2.43. The van der Waals surface area contributed by atoms with Crippen LogP contribution in [0.2, 0.25) is 0 Å². The molecule has 0 saturated carbocycles. The minimum absolute atomic E-state index is 0.0611. The van der Waals surface area contributed by atoms with E-state index in [2.05, 4.69) is 22.4 Å². The van der Waals surface area contributed by atoms with E-state index in [0.717, 1.165) is 54.2 Å². The number of nitriles is 1. The number of carbonyl (C=O) groups excluding carboxylic acids is 1. The van der Waals surface area contributed by atoms with Crippen molar-refractivity contribution in [2.45, 2.75) is 49.8 Å². The van der Waals surface area contributed by atoms with E-state index in [1.165, 1.54) is 16.0 Å². The summed E-state index contributed by atoms with van der Waals surface area (Å²) < 4.78 is 18.4. The van der Waals surface area contributed by atoms with Crippen LogP contribution in [0.5, 0.6) is 0 Å². The summed E-state index contributed by atoms with van der Waals surface area (Å²) in [5, 5.41) is 12.1. The van der Waals surface area contributed by atoms with Gasteiger partial charge >= 0.3 is 0 Å². The summed E-state index contributed by atoms with van der Waals surface area (Å²) in [6, 6.07) is 19.6. The third-order valence-corrected chi connectivity index (χ3v) is 9.93. The van der Waals surface area contributed by atoms with E-state index in [0.29, 0.717) is 24.5 Å². The van der Waals surface area contributed by atoms with Crippen LogP contribution in [0.4, 0.5) is 0 Å². The topological polar surface area (TPSA) is 88.4 Å². The molecule has 1 saturated heterocycles. The van der Waals surface area contributed by atoms with Crippen LogP contribution < -0.4 is 5.32 Å². The Morgan fingerprint density at radius 3 is 2.54 bits per heavy atom. The second-order valence-electron chi connectivity index (χ2n) is 9.60. The lowest BCUT2D eigenvalue weighted by atomic mass is 9.85. The quantitative estimate of drug-likeness (QED) is 0.443. The normalized spacial score (nSPS) is 17.6. The van der Waals surface area contributed by atoms with Gasteiger partial charge in [-0.2, -0.15) is 5.26 Å². The maximum absolute atomic E-state index is 13.0. The molecule has 1 N–H and O–H groups in total. The van der Waals surface area contributed by atoms with Crippen molar-refractivity contribution in [2.24, 2.45) is 0 Å². The Morgan fingerprint density at radius 2 is 1.86 bits per heavy atom. The zero-order chi connectivity index (χ0) is 25.8. The third kappa shape index (κ3) is 5.77. The first-order valence-electron chi connectivity index (χ1n) is 12.7. The summed E-state index contributed by atoms with van der Waals surface area (Å²) in [5.74, 6) is 0.536. The molecule has 6 nitrogen and oxygen atoms in total. The van der Waals surface area contributed by atoms with E-state index in [1.54, 1.807) is 11.3 Å². The van der Waals surface area contributed by atoms with Gasteiger partial charge in [0.05, 0.1) is 23.1 Å². The summed E-state index contributed by atoms with van der Waals surface area (Å²) in [5.41, 5.74) is 3.82. The zero-order valence-corrected chi connectivity index (χ0v) is 22.6. The Labute approximate surface area is 225 Å². The molecular formula is C29H31N3O3S2. The predicted molar refractivity (Wildman–Crippen MR) is 146 cm³/mol. The highest BCUT2D eigenvalue weighted by atomic mass is 32.2. The van der Waals surface area contributed by atoms with Crippen LogP contribution in [0, 0.1) is 11.3 Å². The summed E-state index contributed by atoms with van der Waals surface area (Å²) in [7, 11) is 0. The highest BCUT2D eigenvalue weighted by molar-refractivity contribution is 7.91. The molecule has 2 aliphatic rings. The number of amides is 1. The van der Waals surface area contributed by atoms with Crippen LogP contribution in [-0.4, -0.2) is 40.8 Å². The molecule has 1 spiro atoms. The summed E-state index contributed by atoms with van der Waals surface area (Å²) in [6.45, 7) is 5.75. The Morgan fingerprint density at radius 1 is 1.16 bits per heavy atom. The molecule has 2 aromatic carbocycles. The number of likely N-dealkylation sites (tertiary alicyclic amines) is 1. The van der Waals surface area contributed by atoms with Gasteiger partial charge in [-0.1, -0.05) is 24.3 Å². The first-order valence-corrected chi connectivity index (χ1v) is 14.9. The van der Waals surface area contributed by atoms with Gasteiger partial charge in [0.15, 0.2) is 4.90 Å². The molecule has 5 rings (SSSR count). The summed E-state index contributed by atoms with van der Waals surface area (Å²) in [4.78, 5) is 18.2. The Balaban J connectivity index is 1.21. The SMILES string of the molecule is CC[S+]([O-])c1ccc(CNC(=O)c2cc3c(s2)C2(CCN(Cc4ccc(C#N)cc4)CC2)OCC3)cc1. The fourth-order valence-electron chi connectivity index (χ4n) is 5.12. The number of fused-ring (bicyclic) bond motifs is 2. The molecular weight excluding hydrogens is 502 g/mol. The van der Waals surface area contributed by atoms with Gasteiger partial charge in [0.25, 0.3) is 5.91 Å². The number of piperidine rings is 1. The number of ether oxygens (including phenoxy) is 1. The van der Waals surface area contributed by atoms with E-state index in [-0.39, 0.29) is 11.5 Å². The molecule has 3 aromatic rings. The minimum atomic E-state index is -0.968. The van der Waals surface area contributed by atoms with Crippen molar-refractivity contribution in [1.29, 1.82) is 5.26 Å². The number of thiophene rings is 1. The standard InChI is InChI=1S/C29H31N3O3S2/c1-2-37(34)25-9-7-22(8-10-25)19-31-28(33)26-17-24-11-16-35-29(27(24)36-26)12-14-32(15-13-29)20-23-5-3-21(18-30)4-6-23/h3-10,17H,2,11-16,19-20H2,1H3,(H,31,33). The second-order valence-corrected chi connectivity index (χ2v) is 12.4. The highest BCUT2D eigenvalue weighted by Gasteiger charge is 2.42. The molecule has 3 heterocycles. The van der Waals surface area contributed by atoms with Crippen LogP contribution >= 0.6 is 11.3 Å².